The first-order valence-corrected chi connectivity index (χ1v) is 15.3. The van der Waals surface area contributed by atoms with Crippen molar-refractivity contribution in [2.45, 2.75) is 0 Å². The average Bonchev–Trinajstić information content (AvgIpc) is 3.46. The van der Waals surface area contributed by atoms with Crippen LogP contribution in [0.3, 0.4) is 0 Å². The Bertz CT molecular complexity index is 2470. The van der Waals surface area contributed by atoms with E-state index in [1.54, 1.807) is 0 Å². The highest BCUT2D eigenvalue weighted by Crippen LogP contribution is 2.39. The van der Waals surface area contributed by atoms with Gasteiger partial charge in [0.1, 0.15) is 5.82 Å². The molecule has 45 heavy (non-hydrogen) atoms. The van der Waals surface area contributed by atoms with Crippen molar-refractivity contribution in [3.05, 3.63) is 164 Å². The number of aromatic nitrogens is 3. The Kier molecular flexibility index (Phi) is 5.82. The molecule has 0 aliphatic heterocycles. The molecule has 3 nitrogen and oxygen atoms in total. The van der Waals surface area contributed by atoms with E-state index < -0.39 is 0 Å². The van der Waals surface area contributed by atoms with Gasteiger partial charge < -0.3 is 0 Å². The summed E-state index contributed by atoms with van der Waals surface area (Å²) in [6.07, 6.45) is 0. The number of para-hydroxylation sites is 1. The zero-order valence-electron chi connectivity index (χ0n) is 24.4. The molecule has 0 aliphatic carbocycles. The number of hydrogen-bond donors (Lipinski definition) is 0. The Labute approximate surface area is 260 Å². The highest BCUT2D eigenvalue weighted by molar-refractivity contribution is 6.21. The van der Waals surface area contributed by atoms with Crippen LogP contribution in [0, 0.1) is 0 Å². The first-order chi connectivity index (χ1) is 22.3. The summed E-state index contributed by atoms with van der Waals surface area (Å²) in [6, 6.07) is 57.9. The summed E-state index contributed by atoms with van der Waals surface area (Å²) in [7, 11) is 0. The molecule has 0 N–H and O–H groups in total. The minimum atomic E-state index is 0.707. The average molecular weight is 574 g/mol. The van der Waals surface area contributed by atoms with Crippen molar-refractivity contribution in [1.29, 1.82) is 0 Å². The molecule has 210 valence electrons. The van der Waals surface area contributed by atoms with E-state index in [0.717, 1.165) is 33.7 Å². The van der Waals surface area contributed by atoms with Crippen molar-refractivity contribution in [3.63, 3.8) is 0 Å². The van der Waals surface area contributed by atoms with E-state index in [1.807, 2.05) is 24.3 Å². The summed E-state index contributed by atoms with van der Waals surface area (Å²) in [4.78, 5) is 10.2. The largest absolute Gasteiger partial charge is 0.294 e. The van der Waals surface area contributed by atoms with Gasteiger partial charge in [-0.1, -0.05) is 140 Å². The molecule has 0 unspecified atom stereocenters. The second-order valence-electron chi connectivity index (χ2n) is 11.4. The van der Waals surface area contributed by atoms with Gasteiger partial charge in [0.2, 0.25) is 0 Å². The molecule has 9 rings (SSSR count). The normalized spacial score (nSPS) is 11.6. The Morgan fingerprint density at radius 2 is 1.11 bits per heavy atom. The Hall–Kier alpha value is -6.06. The van der Waals surface area contributed by atoms with E-state index in [9.17, 15) is 0 Å². The predicted octanol–water partition coefficient (Wildman–Crippen LogP) is 10.9. The number of nitrogens with zero attached hydrogens (tertiary/aromatic N) is 3. The SMILES string of the molecule is c1ccc(-c2cc(-n3c4ccccc4c4c5ccc(-c6cccc7ccccc67)cc5ccc43)nc(-c3ccccc3)n2)cc1. The molecular formula is C42H27N3. The standard InChI is InChI=1S/C42H27N3/c1-3-13-29(14-4-1)37-27-40(44-42(43-37)30-15-5-2-6-16-30)45-38-21-10-9-19-36(38)41-35-24-22-31(26-32(35)23-25-39(41)45)34-20-11-17-28-12-7-8-18-33(28)34/h1-27H. The van der Waals surface area contributed by atoms with Crippen LogP contribution in [-0.4, -0.2) is 14.5 Å². The molecule has 0 aliphatic rings. The van der Waals surface area contributed by atoms with Gasteiger partial charge in [0.25, 0.3) is 0 Å². The van der Waals surface area contributed by atoms with Crippen LogP contribution in [0.15, 0.2) is 164 Å². The summed E-state index contributed by atoms with van der Waals surface area (Å²) in [5, 5.41) is 7.40. The summed E-state index contributed by atoms with van der Waals surface area (Å²) < 4.78 is 2.29. The maximum atomic E-state index is 5.19. The summed E-state index contributed by atoms with van der Waals surface area (Å²) >= 11 is 0. The van der Waals surface area contributed by atoms with Gasteiger partial charge in [-0.2, -0.15) is 0 Å². The van der Waals surface area contributed by atoms with Crippen molar-refractivity contribution in [2.24, 2.45) is 0 Å². The van der Waals surface area contributed by atoms with Gasteiger partial charge in [-0.15, -0.1) is 0 Å². The molecular weight excluding hydrogens is 546 g/mol. The predicted molar refractivity (Wildman–Crippen MR) is 188 cm³/mol. The van der Waals surface area contributed by atoms with Crippen molar-refractivity contribution >= 4 is 43.4 Å². The number of benzene rings is 7. The molecule has 0 saturated carbocycles. The van der Waals surface area contributed by atoms with E-state index in [0.29, 0.717) is 5.82 Å². The molecule has 3 heteroatoms. The Morgan fingerprint density at radius 3 is 1.96 bits per heavy atom. The summed E-state index contributed by atoms with van der Waals surface area (Å²) in [5.41, 5.74) is 7.66. The smallest absolute Gasteiger partial charge is 0.162 e. The summed E-state index contributed by atoms with van der Waals surface area (Å²) in [5.74, 6) is 1.55. The molecule has 0 saturated heterocycles. The molecule has 9 aromatic rings. The Balaban J connectivity index is 1.30. The second-order valence-corrected chi connectivity index (χ2v) is 11.4. The van der Waals surface area contributed by atoms with Gasteiger partial charge in [-0.3, -0.25) is 4.57 Å². The second kappa shape index (κ2) is 10.3. The summed E-state index contributed by atoms with van der Waals surface area (Å²) in [6.45, 7) is 0. The third-order valence-electron chi connectivity index (χ3n) is 8.80. The van der Waals surface area contributed by atoms with E-state index in [2.05, 4.69) is 144 Å². The Morgan fingerprint density at radius 1 is 0.400 bits per heavy atom. The van der Waals surface area contributed by atoms with Crippen molar-refractivity contribution in [3.8, 4) is 39.6 Å². The van der Waals surface area contributed by atoms with Crippen molar-refractivity contribution < 1.29 is 0 Å². The first kappa shape index (κ1) is 25.4. The molecule has 2 aromatic heterocycles. The van der Waals surface area contributed by atoms with Crippen LogP contribution in [0.4, 0.5) is 0 Å². The molecule has 0 atom stereocenters. The number of rotatable bonds is 4. The fraction of sp³-hybridized carbons (Fsp3) is 0. The van der Waals surface area contributed by atoms with Gasteiger partial charge in [0.15, 0.2) is 5.82 Å². The molecule has 0 amide bonds. The van der Waals surface area contributed by atoms with E-state index in [1.165, 1.54) is 43.4 Å². The molecule has 0 spiro atoms. The van der Waals surface area contributed by atoms with Crippen LogP contribution in [0.1, 0.15) is 0 Å². The lowest BCUT2D eigenvalue weighted by Crippen LogP contribution is -2.02. The van der Waals surface area contributed by atoms with Gasteiger partial charge in [-0.25, -0.2) is 9.97 Å². The first-order valence-electron chi connectivity index (χ1n) is 15.3. The highest BCUT2D eigenvalue weighted by atomic mass is 15.1. The van der Waals surface area contributed by atoms with Crippen molar-refractivity contribution in [2.75, 3.05) is 0 Å². The van der Waals surface area contributed by atoms with Crippen LogP contribution in [0.25, 0.3) is 82.9 Å². The topological polar surface area (TPSA) is 30.7 Å². The number of hydrogen-bond acceptors (Lipinski definition) is 2. The van der Waals surface area contributed by atoms with Crippen LogP contribution >= 0.6 is 0 Å². The lowest BCUT2D eigenvalue weighted by molar-refractivity contribution is 1.05. The minimum absolute atomic E-state index is 0.707. The van der Waals surface area contributed by atoms with Crippen LogP contribution in [0.5, 0.6) is 0 Å². The zero-order chi connectivity index (χ0) is 29.7. The monoisotopic (exact) mass is 573 g/mol. The molecule has 7 aromatic carbocycles. The number of fused-ring (bicyclic) bond motifs is 6. The van der Waals surface area contributed by atoms with Crippen LogP contribution < -0.4 is 0 Å². The maximum absolute atomic E-state index is 5.19. The lowest BCUT2D eigenvalue weighted by atomic mass is 9.95. The molecule has 0 radical (unpaired) electrons. The third-order valence-corrected chi connectivity index (χ3v) is 8.80. The fourth-order valence-corrected chi connectivity index (χ4v) is 6.71. The molecule has 0 fully saturated rings. The van der Waals surface area contributed by atoms with Gasteiger partial charge in [0.05, 0.1) is 16.7 Å². The van der Waals surface area contributed by atoms with Gasteiger partial charge in [0, 0.05) is 28.0 Å². The lowest BCUT2D eigenvalue weighted by Gasteiger charge is -2.12. The maximum Gasteiger partial charge on any atom is 0.162 e. The van der Waals surface area contributed by atoms with Gasteiger partial charge >= 0.3 is 0 Å². The van der Waals surface area contributed by atoms with Crippen LogP contribution in [-0.2, 0) is 0 Å². The third kappa shape index (κ3) is 4.21. The van der Waals surface area contributed by atoms with E-state index in [4.69, 9.17) is 9.97 Å². The molecule has 0 bridgehead atoms. The van der Waals surface area contributed by atoms with Crippen LogP contribution in [0.2, 0.25) is 0 Å². The quantitative estimate of drug-likeness (QED) is 0.210. The zero-order valence-corrected chi connectivity index (χ0v) is 24.4. The van der Waals surface area contributed by atoms with E-state index >= 15 is 0 Å². The van der Waals surface area contributed by atoms with Crippen molar-refractivity contribution in [1.82, 2.24) is 14.5 Å². The van der Waals surface area contributed by atoms with E-state index in [-0.39, 0.29) is 0 Å². The minimum Gasteiger partial charge on any atom is -0.294 e. The molecule has 2 heterocycles. The van der Waals surface area contributed by atoms with Gasteiger partial charge in [-0.05, 0) is 50.9 Å². The highest BCUT2D eigenvalue weighted by Gasteiger charge is 2.18. The fourth-order valence-electron chi connectivity index (χ4n) is 6.71.